The van der Waals surface area contributed by atoms with Gasteiger partial charge in [-0.3, -0.25) is 5.41 Å². The summed E-state index contributed by atoms with van der Waals surface area (Å²) in [7, 11) is 0. The predicted molar refractivity (Wildman–Crippen MR) is 72.3 cm³/mol. The molecule has 0 aliphatic heterocycles. The summed E-state index contributed by atoms with van der Waals surface area (Å²) in [4.78, 5) is 11.0. The number of carbonyl (C=O) groups is 1. The van der Waals surface area contributed by atoms with Crippen LogP contribution in [0.1, 0.15) is 18.1 Å². The van der Waals surface area contributed by atoms with Crippen molar-refractivity contribution in [2.75, 3.05) is 6.61 Å². The van der Waals surface area contributed by atoms with Crippen LogP contribution in [0.4, 0.5) is 0 Å². The van der Waals surface area contributed by atoms with Crippen LogP contribution in [0.2, 0.25) is 0 Å². The van der Waals surface area contributed by atoms with Gasteiger partial charge in [-0.05, 0) is 12.5 Å². The molecule has 1 rings (SSSR count). The molecule has 0 radical (unpaired) electrons. The monoisotopic (exact) mass is 244 g/mol. The van der Waals surface area contributed by atoms with Crippen molar-refractivity contribution in [2.45, 2.75) is 6.92 Å². The molecule has 1 aromatic carbocycles. The molecule has 18 heavy (non-hydrogen) atoms. The average Bonchev–Trinajstić information content (AvgIpc) is 2.35. The third kappa shape index (κ3) is 4.65. The largest absolute Gasteiger partial charge is 0.463 e. The highest BCUT2D eigenvalue weighted by molar-refractivity contribution is 5.95. The van der Waals surface area contributed by atoms with Crippen LogP contribution in [0.15, 0.2) is 42.5 Å². The SMILES string of the molecule is CCOC(=O)/C=C/C=C/c1ccc(C(=N)N)cc1. The Morgan fingerprint density at radius 2 is 2.00 bits per heavy atom. The molecule has 0 spiro atoms. The van der Waals surface area contributed by atoms with Gasteiger partial charge in [-0.25, -0.2) is 4.79 Å². The minimum Gasteiger partial charge on any atom is -0.463 e. The van der Waals surface area contributed by atoms with Gasteiger partial charge in [-0.1, -0.05) is 42.5 Å². The highest BCUT2D eigenvalue weighted by atomic mass is 16.5. The number of ether oxygens (including phenoxy) is 1. The van der Waals surface area contributed by atoms with E-state index in [4.69, 9.17) is 15.9 Å². The number of nitrogens with one attached hydrogen (secondary N) is 1. The lowest BCUT2D eigenvalue weighted by Crippen LogP contribution is -2.10. The van der Waals surface area contributed by atoms with E-state index in [1.54, 1.807) is 31.2 Å². The summed E-state index contributed by atoms with van der Waals surface area (Å²) >= 11 is 0. The Morgan fingerprint density at radius 3 is 2.56 bits per heavy atom. The maximum absolute atomic E-state index is 11.0. The number of carbonyl (C=O) groups excluding carboxylic acids is 1. The number of nitrogen functional groups attached to an aromatic ring is 1. The molecular weight excluding hydrogens is 228 g/mol. The van der Waals surface area contributed by atoms with Gasteiger partial charge in [0.25, 0.3) is 0 Å². The topological polar surface area (TPSA) is 76.2 Å². The highest BCUT2D eigenvalue weighted by Gasteiger charge is 1.94. The van der Waals surface area contributed by atoms with E-state index >= 15 is 0 Å². The minimum atomic E-state index is -0.353. The average molecular weight is 244 g/mol. The summed E-state index contributed by atoms with van der Waals surface area (Å²) in [6.07, 6.45) is 6.58. The second-order valence-electron chi connectivity index (χ2n) is 3.51. The number of hydrogen-bond acceptors (Lipinski definition) is 3. The van der Waals surface area contributed by atoms with Crippen LogP contribution >= 0.6 is 0 Å². The van der Waals surface area contributed by atoms with E-state index in [9.17, 15) is 4.79 Å². The Balaban J connectivity index is 2.57. The zero-order chi connectivity index (χ0) is 13.4. The van der Waals surface area contributed by atoms with Gasteiger partial charge < -0.3 is 10.5 Å². The maximum atomic E-state index is 11.0. The Labute approximate surface area is 106 Å². The minimum absolute atomic E-state index is 0.0488. The number of nitrogens with two attached hydrogens (primary N) is 1. The number of benzene rings is 1. The van der Waals surface area contributed by atoms with Crippen LogP contribution in [0, 0.1) is 5.41 Å². The lowest BCUT2D eigenvalue weighted by molar-refractivity contribution is -0.137. The Bertz CT molecular complexity index is 473. The summed E-state index contributed by atoms with van der Waals surface area (Å²) in [5, 5.41) is 7.26. The van der Waals surface area contributed by atoms with Crippen molar-refractivity contribution in [3.8, 4) is 0 Å². The number of esters is 1. The molecular formula is C14H16N2O2. The van der Waals surface area contributed by atoms with E-state index < -0.39 is 0 Å². The molecule has 4 heteroatoms. The molecule has 0 bridgehead atoms. The Kier molecular flexibility index (Phi) is 5.38. The zero-order valence-corrected chi connectivity index (χ0v) is 10.2. The van der Waals surface area contributed by atoms with Gasteiger partial charge in [-0.15, -0.1) is 0 Å². The van der Waals surface area contributed by atoms with Crippen molar-refractivity contribution in [1.82, 2.24) is 0 Å². The second kappa shape index (κ2) is 7.06. The molecule has 0 aliphatic carbocycles. The lowest BCUT2D eigenvalue weighted by Gasteiger charge is -1.98. The summed E-state index contributed by atoms with van der Waals surface area (Å²) in [6, 6.07) is 7.25. The van der Waals surface area contributed by atoms with Gasteiger partial charge in [0.1, 0.15) is 5.84 Å². The van der Waals surface area contributed by atoms with Crippen LogP contribution in [-0.2, 0) is 9.53 Å². The zero-order valence-electron chi connectivity index (χ0n) is 10.2. The molecule has 0 aliphatic rings. The van der Waals surface area contributed by atoms with Crippen molar-refractivity contribution in [2.24, 2.45) is 5.73 Å². The van der Waals surface area contributed by atoms with Crippen molar-refractivity contribution in [1.29, 1.82) is 5.41 Å². The van der Waals surface area contributed by atoms with Crippen molar-refractivity contribution >= 4 is 17.9 Å². The van der Waals surface area contributed by atoms with Crippen molar-refractivity contribution in [3.63, 3.8) is 0 Å². The predicted octanol–water partition coefficient (Wildman–Crippen LogP) is 2.10. The quantitative estimate of drug-likeness (QED) is 0.274. The number of hydrogen-bond donors (Lipinski definition) is 2. The first kappa shape index (κ1) is 13.7. The van der Waals surface area contributed by atoms with Crippen molar-refractivity contribution < 1.29 is 9.53 Å². The summed E-state index contributed by atoms with van der Waals surface area (Å²) < 4.78 is 4.74. The first-order chi connectivity index (χ1) is 8.63. The molecule has 4 nitrogen and oxygen atoms in total. The molecule has 0 fully saturated rings. The Morgan fingerprint density at radius 1 is 1.33 bits per heavy atom. The Hall–Kier alpha value is -2.36. The van der Waals surface area contributed by atoms with E-state index in [1.807, 2.05) is 18.2 Å². The summed E-state index contributed by atoms with van der Waals surface area (Å²) in [5.74, 6) is -0.304. The number of allylic oxidation sites excluding steroid dienone is 2. The van der Waals surface area contributed by atoms with Gasteiger partial charge in [-0.2, -0.15) is 0 Å². The van der Waals surface area contributed by atoms with Crippen LogP contribution in [0.3, 0.4) is 0 Å². The third-order valence-electron chi connectivity index (χ3n) is 2.14. The number of rotatable bonds is 5. The smallest absolute Gasteiger partial charge is 0.330 e. The van der Waals surface area contributed by atoms with Gasteiger partial charge >= 0.3 is 5.97 Å². The second-order valence-corrected chi connectivity index (χ2v) is 3.51. The molecule has 0 saturated heterocycles. The van der Waals surface area contributed by atoms with Crippen LogP contribution < -0.4 is 5.73 Å². The fourth-order valence-corrected chi connectivity index (χ4v) is 1.26. The van der Waals surface area contributed by atoms with Gasteiger partial charge in [0, 0.05) is 11.6 Å². The molecule has 0 heterocycles. The van der Waals surface area contributed by atoms with E-state index in [1.165, 1.54) is 6.08 Å². The fraction of sp³-hybridized carbons (Fsp3) is 0.143. The number of amidine groups is 1. The molecule has 3 N–H and O–H groups in total. The fourth-order valence-electron chi connectivity index (χ4n) is 1.26. The van der Waals surface area contributed by atoms with Gasteiger partial charge in [0.05, 0.1) is 6.61 Å². The maximum Gasteiger partial charge on any atom is 0.330 e. The summed E-state index contributed by atoms with van der Waals surface area (Å²) in [6.45, 7) is 2.14. The third-order valence-corrected chi connectivity index (χ3v) is 2.14. The lowest BCUT2D eigenvalue weighted by atomic mass is 10.1. The van der Waals surface area contributed by atoms with Crippen LogP contribution in [0.5, 0.6) is 0 Å². The summed E-state index contributed by atoms with van der Waals surface area (Å²) in [5.41, 5.74) is 7.01. The molecule has 1 aromatic rings. The normalized spacial score (nSPS) is 10.9. The molecule has 0 unspecified atom stereocenters. The van der Waals surface area contributed by atoms with Crippen LogP contribution in [0.25, 0.3) is 6.08 Å². The van der Waals surface area contributed by atoms with E-state index in [-0.39, 0.29) is 11.8 Å². The van der Waals surface area contributed by atoms with Gasteiger partial charge in [0.2, 0.25) is 0 Å². The van der Waals surface area contributed by atoms with Gasteiger partial charge in [0.15, 0.2) is 0 Å². The molecule has 0 amide bonds. The molecule has 0 saturated carbocycles. The molecule has 0 aromatic heterocycles. The first-order valence-corrected chi connectivity index (χ1v) is 5.59. The van der Waals surface area contributed by atoms with Crippen LogP contribution in [-0.4, -0.2) is 18.4 Å². The molecule has 94 valence electrons. The van der Waals surface area contributed by atoms with E-state index in [0.29, 0.717) is 12.2 Å². The van der Waals surface area contributed by atoms with E-state index in [0.717, 1.165) is 5.56 Å². The van der Waals surface area contributed by atoms with E-state index in [2.05, 4.69) is 0 Å². The van der Waals surface area contributed by atoms with Crippen molar-refractivity contribution in [3.05, 3.63) is 53.6 Å². The highest BCUT2D eigenvalue weighted by Crippen LogP contribution is 2.05. The first-order valence-electron chi connectivity index (χ1n) is 5.59. The molecule has 0 atom stereocenters. The standard InChI is InChI=1S/C14H16N2O2/c1-2-18-13(17)6-4-3-5-11-7-9-12(10-8-11)14(15)16/h3-10H,2H2,1H3,(H3,15,16)/b5-3+,6-4+.